The fourth-order valence-corrected chi connectivity index (χ4v) is 2.56. The standard InChI is InChI=1S/C19H14BrNO2/c1-23-17-8-4-15(5-9-17)19-11-13(12-22)10-18(21-19)14-2-6-16(20)7-3-14/h2-12H,1H3. The van der Waals surface area contributed by atoms with Crippen molar-refractivity contribution in [3.05, 3.63) is 70.7 Å². The predicted octanol–water partition coefficient (Wildman–Crippen LogP) is 5.00. The normalized spacial score (nSPS) is 10.3. The first-order valence-electron chi connectivity index (χ1n) is 7.07. The van der Waals surface area contributed by atoms with Crippen LogP contribution in [0.1, 0.15) is 10.4 Å². The summed E-state index contributed by atoms with van der Waals surface area (Å²) in [6.45, 7) is 0. The van der Waals surface area contributed by atoms with Gasteiger partial charge in [0.15, 0.2) is 0 Å². The number of hydrogen-bond acceptors (Lipinski definition) is 3. The number of halogens is 1. The lowest BCUT2D eigenvalue weighted by Crippen LogP contribution is -1.92. The average molecular weight is 368 g/mol. The summed E-state index contributed by atoms with van der Waals surface area (Å²) in [5, 5.41) is 0. The highest BCUT2D eigenvalue weighted by Crippen LogP contribution is 2.26. The van der Waals surface area contributed by atoms with Gasteiger partial charge in [-0.2, -0.15) is 0 Å². The van der Waals surface area contributed by atoms with Crippen LogP contribution >= 0.6 is 15.9 Å². The first-order valence-corrected chi connectivity index (χ1v) is 7.86. The topological polar surface area (TPSA) is 39.2 Å². The van der Waals surface area contributed by atoms with Gasteiger partial charge in [0.2, 0.25) is 0 Å². The molecule has 0 fully saturated rings. The van der Waals surface area contributed by atoms with E-state index in [1.165, 1.54) is 0 Å². The molecule has 0 radical (unpaired) electrons. The Bertz CT molecular complexity index is 827. The van der Waals surface area contributed by atoms with Crippen molar-refractivity contribution in [3.8, 4) is 28.3 Å². The number of rotatable bonds is 4. The summed E-state index contributed by atoms with van der Waals surface area (Å²) in [5.41, 5.74) is 4.03. The summed E-state index contributed by atoms with van der Waals surface area (Å²) < 4.78 is 6.18. The Balaban J connectivity index is 2.08. The van der Waals surface area contributed by atoms with Crippen molar-refractivity contribution in [1.29, 1.82) is 0 Å². The Morgan fingerprint density at radius 1 is 0.913 bits per heavy atom. The maximum atomic E-state index is 11.3. The van der Waals surface area contributed by atoms with Gasteiger partial charge in [-0.05, 0) is 48.5 Å². The molecule has 4 heteroatoms. The molecule has 0 N–H and O–H groups in total. The number of carbonyl (C=O) groups excluding carboxylic acids is 1. The Hall–Kier alpha value is -2.46. The quantitative estimate of drug-likeness (QED) is 0.609. The van der Waals surface area contributed by atoms with Crippen LogP contribution in [-0.2, 0) is 0 Å². The molecule has 3 aromatic rings. The number of methoxy groups -OCH3 is 1. The Morgan fingerprint density at radius 3 is 1.91 bits per heavy atom. The molecule has 0 aliphatic rings. The van der Waals surface area contributed by atoms with Crippen molar-refractivity contribution in [2.45, 2.75) is 0 Å². The maximum absolute atomic E-state index is 11.3. The first kappa shape index (κ1) is 15.4. The van der Waals surface area contributed by atoms with Gasteiger partial charge in [0.1, 0.15) is 12.0 Å². The van der Waals surface area contributed by atoms with E-state index in [2.05, 4.69) is 15.9 Å². The summed E-state index contributed by atoms with van der Waals surface area (Å²) in [5.74, 6) is 0.786. The van der Waals surface area contributed by atoms with Gasteiger partial charge < -0.3 is 4.74 Å². The largest absolute Gasteiger partial charge is 0.497 e. The molecule has 0 saturated heterocycles. The van der Waals surface area contributed by atoms with E-state index in [9.17, 15) is 4.79 Å². The maximum Gasteiger partial charge on any atom is 0.150 e. The number of nitrogens with zero attached hydrogens (tertiary/aromatic N) is 1. The Kier molecular flexibility index (Phi) is 4.53. The summed E-state index contributed by atoms with van der Waals surface area (Å²) in [4.78, 5) is 16.0. The highest BCUT2D eigenvalue weighted by molar-refractivity contribution is 9.10. The molecule has 1 aromatic heterocycles. The summed E-state index contributed by atoms with van der Waals surface area (Å²) >= 11 is 3.42. The van der Waals surface area contributed by atoms with Gasteiger partial charge in [-0.1, -0.05) is 28.1 Å². The SMILES string of the molecule is COc1ccc(-c2cc(C=O)cc(-c3ccc(Br)cc3)n2)cc1. The minimum Gasteiger partial charge on any atom is -0.497 e. The zero-order chi connectivity index (χ0) is 16.2. The van der Waals surface area contributed by atoms with E-state index in [0.29, 0.717) is 5.56 Å². The Labute approximate surface area is 143 Å². The second-order valence-corrected chi connectivity index (χ2v) is 5.94. The number of benzene rings is 2. The molecule has 114 valence electrons. The molecule has 0 saturated carbocycles. The molecule has 0 unspecified atom stereocenters. The van der Waals surface area contributed by atoms with Crippen molar-refractivity contribution in [1.82, 2.24) is 4.98 Å². The lowest BCUT2D eigenvalue weighted by Gasteiger charge is -2.08. The zero-order valence-corrected chi connectivity index (χ0v) is 14.1. The van der Waals surface area contributed by atoms with Crippen molar-refractivity contribution < 1.29 is 9.53 Å². The van der Waals surface area contributed by atoms with Gasteiger partial charge in [-0.3, -0.25) is 4.79 Å². The lowest BCUT2D eigenvalue weighted by atomic mass is 10.1. The molecule has 3 rings (SSSR count). The van der Waals surface area contributed by atoms with Gasteiger partial charge in [-0.25, -0.2) is 4.98 Å². The lowest BCUT2D eigenvalue weighted by molar-refractivity contribution is 0.112. The molecular weight excluding hydrogens is 354 g/mol. The number of hydrogen-bond donors (Lipinski definition) is 0. The molecule has 2 aromatic carbocycles. The van der Waals surface area contributed by atoms with Gasteiger partial charge in [-0.15, -0.1) is 0 Å². The van der Waals surface area contributed by atoms with Crippen molar-refractivity contribution in [3.63, 3.8) is 0 Å². The third kappa shape index (κ3) is 3.48. The monoisotopic (exact) mass is 367 g/mol. The van der Waals surface area contributed by atoms with Gasteiger partial charge in [0.05, 0.1) is 18.5 Å². The van der Waals surface area contributed by atoms with Gasteiger partial charge >= 0.3 is 0 Å². The van der Waals surface area contributed by atoms with E-state index in [1.54, 1.807) is 19.2 Å². The molecule has 0 aliphatic heterocycles. The average Bonchev–Trinajstić information content (AvgIpc) is 2.62. The van der Waals surface area contributed by atoms with Crippen molar-refractivity contribution in [2.24, 2.45) is 0 Å². The van der Waals surface area contributed by atoms with E-state index in [0.717, 1.165) is 39.0 Å². The smallest absolute Gasteiger partial charge is 0.150 e. The molecule has 0 bridgehead atoms. The van der Waals surface area contributed by atoms with Crippen LogP contribution in [0.15, 0.2) is 65.1 Å². The number of ether oxygens (including phenoxy) is 1. The predicted molar refractivity (Wildman–Crippen MR) is 94.7 cm³/mol. The summed E-state index contributed by atoms with van der Waals surface area (Å²) in [7, 11) is 1.63. The van der Waals surface area contributed by atoms with Crippen LogP contribution in [0.2, 0.25) is 0 Å². The fraction of sp³-hybridized carbons (Fsp3) is 0.0526. The van der Waals surface area contributed by atoms with Crippen molar-refractivity contribution in [2.75, 3.05) is 7.11 Å². The highest BCUT2D eigenvalue weighted by Gasteiger charge is 2.07. The van der Waals surface area contributed by atoms with Crippen LogP contribution in [0.5, 0.6) is 5.75 Å². The highest BCUT2D eigenvalue weighted by atomic mass is 79.9. The van der Waals surface area contributed by atoms with Crippen LogP contribution in [0, 0.1) is 0 Å². The minimum absolute atomic E-state index is 0.601. The van der Waals surface area contributed by atoms with Crippen LogP contribution < -0.4 is 4.74 Å². The minimum atomic E-state index is 0.601. The number of aromatic nitrogens is 1. The molecule has 1 heterocycles. The second kappa shape index (κ2) is 6.75. The Morgan fingerprint density at radius 2 is 1.43 bits per heavy atom. The molecular formula is C19H14BrNO2. The molecule has 3 nitrogen and oxygen atoms in total. The van der Waals surface area contributed by atoms with Crippen LogP contribution in [0.4, 0.5) is 0 Å². The third-order valence-electron chi connectivity index (χ3n) is 3.51. The molecule has 0 amide bonds. The van der Waals surface area contributed by atoms with Crippen LogP contribution in [0.25, 0.3) is 22.5 Å². The molecule has 0 spiro atoms. The number of aldehydes is 1. The van der Waals surface area contributed by atoms with E-state index >= 15 is 0 Å². The third-order valence-corrected chi connectivity index (χ3v) is 4.04. The van der Waals surface area contributed by atoms with Crippen molar-refractivity contribution >= 4 is 22.2 Å². The number of pyridine rings is 1. The molecule has 0 atom stereocenters. The van der Waals surface area contributed by atoms with E-state index in [-0.39, 0.29) is 0 Å². The molecule has 0 aliphatic carbocycles. The zero-order valence-electron chi connectivity index (χ0n) is 12.5. The van der Waals surface area contributed by atoms with Gasteiger partial charge in [0, 0.05) is 21.2 Å². The van der Waals surface area contributed by atoms with E-state index in [1.807, 2.05) is 48.5 Å². The summed E-state index contributed by atoms with van der Waals surface area (Å²) in [6, 6.07) is 19.1. The second-order valence-electron chi connectivity index (χ2n) is 5.02. The summed E-state index contributed by atoms with van der Waals surface area (Å²) in [6.07, 6.45) is 0.844. The first-order chi connectivity index (χ1) is 11.2. The van der Waals surface area contributed by atoms with Crippen LogP contribution in [-0.4, -0.2) is 18.4 Å². The number of carbonyl (C=O) groups is 1. The fourth-order valence-electron chi connectivity index (χ4n) is 2.30. The van der Waals surface area contributed by atoms with E-state index < -0.39 is 0 Å². The van der Waals surface area contributed by atoms with Gasteiger partial charge in [0.25, 0.3) is 0 Å². The molecule has 23 heavy (non-hydrogen) atoms. The van der Waals surface area contributed by atoms with E-state index in [4.69, 9.17) is 9.72 Å². The van der Waals surface area contributed by atoms with Crippen LogP contribution in [0.3, 0.4) is 0 Å².